The molecule has 1 fully saturated rings. The quantitative estimate of drug-likeness (QED) is 0.837. The maximum atomic E-state index is 6.24. The fourth-order valence-corrected chi connectivity index (χ4v) is 3.19. The Hall–Kier alpha value is -0.450. The van der Waals surface area contributed by atoms with Crippen LogP contribution in [0.2, 0.25) is 0 Å². The van der Waals surface area contributed by atoms with Crippen molar-refractivity contribution in [3.05, 3.63) is 16.6 Å². The molecule has 1 aromatic heterocycles. The molecule has 0 radical (unpaired) electrons. The summed E-state index contributed by atoms with van der Waals surface area (Å²) < 4.78 is 0. The maximum Gasteiger partial charge on any atom is 0.0794 e. The molecule has 4 heteroatoms. The number of nitrogens with two attached hydrogens (primary N) is 1. The van der Waals surface area contributed by atoms with E-state index in [1.807, 2.05) is 11.7 Å². The first-order chi connectivity index (χ1) is 7.20. The number of thiazole rings is 1. The first-order valence-electron chi connectivity index (χ1n) is 5.60. The number of likely N-dealkylation sites (tertiary alicyclic amines) is 1. The van der Waals surface area contributed by atoms with E-state index in [1.165, 1.54) is 11.3 Å². The number of hydrogen-bond donors (Lipinski definition) is 1. The van der Waals surface area contributed by atoms with Gasteiger partial charge in [0.1, 0.15) is 0 Å². The molecule has 3 nitrogen and oxygen atoms in total. The Morgan fingerprint density at radius 2 is 2.40 bits per heavy atom. The summed E-state index contributed by atoms with van der Waals surface area (Å²) in [7, 11) is 0. The predicted octanol–water partition coefficient (Wildman–Crippen LogP) is 2.02. The molecular weight excluding hydrogens is 206 g/mol. The van der Waals surface area contributed by atoms with Gasteiger partial charge in [0.25, 0.3) is 0 Å². The Bertz CT molecular complexity index is 297. The van der Waals surface area contributed by atoms with Crippen molar-refractivity contribution in [3.8, 4) is 0 Å². The molecule has 0 aliphatic carbocycles. The average molecular weight is 225 g/mol. The van der Waals surface area contributed by atoms with Crippen LogP contribution in [0.15, 0.2) is 11.7 Å². The van der Waals surface area contributed by atoms with Crippen molar-refractivity contribution in [2.75, 3.05) is 6.54 Å². The predicted molar refractivity (Wildman–Crippen MR) is 63.9 cm³/mol. The van der Waals surface area contributed by atoms with Gasteiger partial charge in [0.2, 0.25) is 0 Å². The summed E-state index contributed by atoms with van der Waals surface area (Å²) in [4.78, 5) is 7.98. The summed E-state index contributed by atoms with van der Waals surface area (Å²) in [5.41, 5.74) is 8.13. The van der Waals surface area contributed by atoms with Crippen molar-refractivity contribution in [2.45, 2.75) is 44.8 Å². The molecule has 0 aromatic carbocycles. The van der Waals surface area contributed by atoms with Crippen molar-refractivity contribution < 1.29 is 0 Å². The molecule has 2 heterocycles. The fraction of sp³-hybridized carbons (Fsp3) is 0.727. The Morgan fingerprint density at radius 3 is 3.00 bits per heavy atom. The van der Waals surface area contributed by atoms with E-state index in [1.54, 1.807) is 11.3 Å². The topological polar surface area (TPSA) is 42.1 Å². The van der Waals surface area contributed by atoms with Crippen LogP contribution in [0.3, 0.4) is 0 Å². The summed E-state index contributed by atoms with van der Waals surface area (Å²) >= 11 is 1.72. The van der Waals surface area contributed by atoms with E-state index in [9.17, 15) is 0 Å². The second-order valence-electron chi connectivity index (χ2n) is 4.49. The van der Waals surface area contributed by atoms with Gasteiger partial charge in [-0.25, -0.2) is 0 Å². The molecule has 0 amide bonds. The van der Waals surface area contributed by atoms with Crippen LogP contribution < -0.4 is 5.73 Å². The van der Waals surface area contributed by atoms with Gasteiger partial charge in [0.05, 0.1) is 11.6 Å². The zero-order valence-electron chi connectivity index (χ0n) is 9.39. The highest BCUT2D eigenvalue weighted by Gasteiger charge is 2.32. The molecule has 1 aromatic rings. The van der Waals surface area contributed by atoms with Gasteiger partial charge in [0.15, 0.2) is 0 Å². The van der Waals surface area contributed by atoms with Gasteiger partial charge in [-0.2, -0.15) is 0 Å². The molecule has 2 atom stereocenters. The SMILES string of the molecule is CC(C)N1CCCC(N)C1c1cncs1. The number of rotatable bonds is 2. The van der Waals surface area contributed by atoms with Crippen LogP contribution in [0.5, 0.6) is 0 Å². The first kappa shape index (κ1) is 11.0. The van der Waals surface area contributed by atoms with E-state index in [0.717, 1.165) is 13.0 Å². The molecule has 84 valence electrons. The van der Waals surface area contributed by atoms with Crippen LogP contribution in [0.4, 0.5) is 0 Å². The second kappa shape index (κ2) is 4.60. The number of piperidine rings is 1. The van der Waals surface area contributed by atoms with E-state index >= 15 is 0 Å². The molecule has 1 saturated heterocycles. The summed E-state index contributed by atoms with van der Waals surface area (Å²) in [6.45, 7) is 5.64. The molecule has 1 aliphatic rings. The minimum atomic E-state index is 0.265. The van der Waals surface area contributed by atoms with Gasteiger partial charge in [-0.15, -0.1) is 11.3 Å². The molecule has 0 bridgehead atoms. The molecule has 0 spiro atoms. The van der Waals surface area contributed by atoms with E-state index in [0.29, 0.717) is 12.1 Å². The lowest BCUT2D eigenvalue weighted by molar-refractivity contribution is 0.0968. The van der Waals surface area contributed by atoms with Gasteiger partial charge in [-0.05, 0) is 33.2 Å². The molecule has 0 saturated carbocycles. The minimum Gasteiger partial charge on any atom is -0.326 e. The summed E-state index contributed by atoms with van der Waals surface area (Å²) in [6.07, 6.45) is 4.32. The highest BCUT2D eigenvalue weighted by atomic mass is 32.1. The molecule has 1 aliphatic heterocycles. The van der Waals surface area contributed by atoms with Gasteiger partial charge in [-0.1, -0.05) is 0 Å². The lowest BCUT2D eigenvalue weighted by Crippen LogP contribution is -2.48. The standard InChI is InChI=1S/C11H19N3S/c1-8(2)14-5-3-4-9(12)11(14)10-6-13-7-15-10/h6-9,11H,3-5,12H2,1-2H3. The van der Waals surface area contributed by atoms with E-state index in [-0.39, 0.29) is 6.04 Å². The lowest BCUT2D eigenvalue weighted by Gasteiger charge is -2.41. The van der Waals surface area contributed by atoms with Crippen LogP contribution >= 0.6 is 11.3 Å². The zero-order chi connectivity index (χ0) is 10.8. The van der Waals surface area contributed by atoms with Gasteiger partial charge < -0.3 is 5.73 Å². The molecule has 2 unspecified atom stereocenters. The number of aromatic nitrogens is 1. The van der Waals surface area contributed by atoms with Crippen molar-refractivity contribution in [3.63, 3.8) is 0 Å². The lowest BCUT2D eigenvalue weighted by atomic mass is 9.94. The van der Waals surface area contributed by atoms with Gasteiger partial charge in [-0.3, -0.25) is 9.88 Å². The summed E-state index contributed by atoms with van der Waals surface area (Å²) in [6, 6.07) is 1.20. The maximum absolute atomic E-state index is 6.24. The molecule has 15 heavy (non-hydrogen) atoms. The molecule has 2 rings (SSSR count). The zero-order valence-corrected chi connectivity index (χ0v) is 10.2. The smallest absolute Gasteiger partial charge is 0.0794 e. The van der Waals surface area contributed by atoms with Crippen molar-refractivity contribution in [2.24, 2.45) is 5.73 Å². The van der Waals surface area contributed by atoms with E-state index in [2.05, 4.69) is 23.7 Å². The number of hydrogen-bond acceptors (Lipinski definition) is 4. The van der Waals surface area contributed by atoms with Gasteiger partial charge in [0, 0.05) is 23.2 Å². The highest BCUT2D eigenvalue weighted by molar-refractivity contribution is 7.09. The highest BCUT2D eigenvalue weighted by Crippen LogP contribution is 2.33. The minimum absolute atomic E-state index is 0.265. The van der Waals surface area contributed by atoms with Crippen LogP contribution in [0, 0.1) is 0 Å². The first-order valence-corrected chi connectivity index (χ1v) is 6.48. The number of nitrogens with zero attached hydrogens (tertiary/aromatic N) is 2. The Morgan fingerprint density at radius 1 is 1.60 bits per heavy atom. The van der Waals surface area contributed by atoms with Crippen molar-refractivity contribution in [1.82, 2.24) is 9.88 Å². The largest absolute Gasteiger partial charge is 0.326 e. The Kier molecular flexibility index (Phi) is 3.38. The summed E-state index contributed by atoms with van der Waals surface area (Å²) in [5, 5.41) is 0. The van der Waals surface area contributed by atoms with Gasteiger partial charge >= 0.3 is 0 Å². The van der Waals surface area contributed by atoms with E-state index < -0.39 is 0 Å². The fourth-order valence-electron chi connectivity index (χ4n) is 2.38. The third-order valence-electron chi connectivity index (χ3n) is 3.12. The van der Waals surface area contributed by atoms with Crippen molar-refractivity contribution >= 4 is 11.3 Å². The third-order valence-corrected chi connectivity index (χ3v) is 3.97. The monoisotopic (exact) mass is 225 g/mol. The molecule has 2 N–H and O–H groups in total. The summed E-state index contributed by atoms with van der Waals surface area (Å²) in [5.74, 6) is 0. The normalized spacial score (nSPS) is 28.5. The molecular formula is C11H19N3S. The van der Waals surface area contributed by atoms with Crippen LogP contribution in [-0.4, -0.2) is 28.5 Å². The van der Waals surface area contributed by atoms with Crippen LogP contribution in [0.25, 0.3) is 0 Å². The average Bonchev–Trinajstić information content (AvgIpc) is 2.70. The Labute approximate surface area is 95.3 Å². The van der Waals surface area contributed by atoms with Crippen molar-refractivity contribution in [1.29, 1.82) is 0 Å². The second-order valence-corrected chi connectivity index (χ2v) is 5.40. The van der Waals surface area contributed by atoms with E-state index in [4.69, 9.17) is 5.73 Å². The van der Waals surface area contributed by atoms with Crippen LogP contribution in [0.1, 0.15) is 37.6 Å². The Balaban J connectivity index is 2.23. The third kappa shape index (κ3) is 2.22. The van der Waals surface area contributed by atoms with Crippen LogP contribution in [-0.2, 0) is 0 Å².